The molecule has 0 amide bonds. The lowest BCUT2D eigenvalue weighted by Crippen LogP contribution is -2.47. The molecule has 3 nitrogen and oxygen atoms in total. The average molecular weight is 264 g/mol. The quantitative estimate of drug-likeness (QED) is 0.847. The maximum Gasteiger partial charge on any atom is 0.103 e. The van der Waals surface area contributed by atoms with E-state index in [1.807, 2.05) is 12.1 Å². The lowest BCUT2D eigenvalue weighted by molar-refractivity contribution is -0.0882. The number of morpholine rings is 1. The first-order chi connectivity index (χ1) is 8.46. The largest absolute Gasteiger partial charge is 0.389 e. The highest BCUT2D eigenvalue weighted by Crippen LogP contribution is 2.18. The van der Waals surface area contributed by atoms with Crippen LogP contribution in [0.5, 0.6) is 0 Å². The first kappa shape index (κ1) is 13.5. The van der Waals surface area contributed by atoms with Gasteiger partial charge in [-0.05, 0) is 25.5 Å². The highest BCUT2D eigenvalue weighted by atomic mass is 32.1. The molecule has 0 radical (unpaired) electrons. The van der Waals surface area contributed by atoms with Crippen molar-refractivity contribution >= 4 is 17.2 Å². The van der Waals surface area contributed by atoms with Crippen LogP contribution in [0, 0.1) is 0 Å². The lowest BCUT2D eigenvalue weighted by Gasteiger charge is -2.38. The molecule has 1 heterocycles. The van der Waals surface area contributed by atoms with Crippen molar-refractivity contribution in [2.45, 2.75) is 26.0 Å². The summed E-state index contributed by atoms with van der Waals surface area (Å²) in [5.74, 6) is 0. The van der Waals surface area contributed by atoms with Gasteiger partial charge in [-0.15, -0.1) is 0 Å². The molecule has 1 aliphatic rings. The van der Waals surface area contributed by atoms with Gasteiger partial charge in [-0.1, -0.05) is 30.4 Å². The molecule has 2 N–H and O–H groups in total. The summed E-state index contributed by atoms with van der Waals surface area (Å²) >= 11 is 5.01. The third-order valence-corrected chi connectivity index (χ3v) is 3.36. The molecule has 4 heteroatoms. The van der Waals surface area contributed by atoms with Gasteiger partial charge in [-0.2, -0.15) is 0 Å². The molecule has 0 aromatic heterocycles. The molecule has 2 rings (SSSR count). The summed E-state index contributed by atoms with van der Waals surface area (Å²) in [6.07, 6.45) is 0. The van der Waals surface area contributed by atoms with E-state index in [-0.39, 0.29) is 5.60 Å². The molecule has 18 heavy (non-hydrogen) atoms. The van der Waals surface area contributed by atoms with Gasteiger partial charge < -0.3 is 10.5 Å². The van der Waals surface area contributed by atoms with Gasteiger partial charge in [0, 0.05) is 25.2 Å². The van der Waals surface area contributed by atoms with E-state index in [1.165, 1.54) is 5.56 Å². The number of nitrogens with zero attached hydrogens (tertiary/aromatic N) is 1. The molecule has 0 saturated carbocycles. The molecule has 1 saturated heterocycles. The normalized spacial score (nSPS) is 19.7. The van der Waals surface area contributed by atoms with Crippen LogP contribution in [0.1, 0.15) is 25.0 Å². The van der Waals surface area contributed by atoms with Crippen LogP contribution in [0.2, 0.25) is 0 Å². The smallest absolute Gasteiger partial charge is 0.103 e. The summed E-state index contributed by atoms with van der Waals surface area (Å²) in [4.78, 5) is 2.86. The molecule has 0 unspecified atom stereocenters. The van der Waals surface area contributed by atoms with E-state index >= 15 is 0 Å². The fourth-order valence-corrected chi connectivity index (χ4v) is 2.46. The summed E-state index contributed by atoms with van der Waals surface area (Å²) in [6.45, 7) is 7.89. The van der Waals surface area contributed by atoms with E-state index in [4.69, 9.17) is 22.7 Å². The van der Waals surface area contributed by atoms with Gasteiger partial charge in [-0.3, -0.25) is 4.90 Å². The SMILES string of the molecule is CC1(C)CN(Cc2cccc(C(N)=S)c2)CCO1. The summed E-state index contributed by atoms with van der Waals surface area (Å²) < 4.78 is 5.71. The Morgan fingerprint density at radius 1 is 1.50 bits per heavy atom. The Kier molecular flexibility index (Phi) is 4.00. The third kappa shape index (κ3) is 3.51. The minimum Gasteiger partial charge on any atom is -0.389 e. The topological polar surface area (TPSA) is 38.5 Å². The van der Waals surface area contributed by atoms with Gasteiger partial charge in [0.1, 0.15) is 4.99 Å². The van der Waals surface area contributed by atoms with Crippen molar-refractivity contribution in [3.63, 3.8) is 0 Å². The summed E-state index contributed by atoms with van der Waals surface area (Å²) in [5, 5.41) is 0. The first-order valence-corrected chi connectivity index (χ1v) is 6.62. The standard InChI is InChI=1S/C14H20N2OS/c1-14(2)10-16(6-7-17-14)9-11-4-3-5-12(8-11)13(15)18/h3-5,8H,6-7,9-10H2,1-2H3,(H2,15,18). The second kappa shape index (κ2) is 5.34. The maximum atomic E-state index is 5.71. The Hall–Kier alpha value is -0.970. The fourth-order valence-electron chi connectivity index (χ4n) is 2.33. The Morgan fingerprint density at radius 2 is 2.28 bits per heavy atom. The van der Waals surface area contributed by atoms with E-state index in [0.717, 1.165) is 31.8 Å². The van der Waals surface area contributed by atoms with E-state index in [2.05, 4.69) is 30.9 Å². The maximum absolute atomic E-state index is 5.71. The summed E-state index contributed by atoms with van der Waals surface area (Å²) in [7, 11) is 0. The molecule has 0 bridgehead atoms. The molecule has 0 atom stereocenters. The van der Waals surface area contributed by atoms with Gasteiger partial charge in [-0.25, -0.2) is 0 Å². The monoisotopic (exact) mass is 264 g/mol. The minimum atomic E-state index is -0.0565. The summed E-state index contributed by atoms with van der Waals surface area (Å²) in [5.41, 5.74) is 7.79. The number of nitrogens with two attached hydrogens (primary N) is 1. The van der Waals surface area contributed by atoms with Gasteiger partial charge >= 0.3 is 0 Å². The molecule has 0 aliphatic carbocycles. The van der Waals surface area contributed by atoms with E-state index in [1.54, 1.807) is 0 Å². The van der Waals surface area contributed by atoms with Crippen molar-refractivity contribution in [3.8, 4) is 0 Å². The predicted molar refractivity (Wildman–Crippen MR) is 77.6 cm³/mol. The zero-order valence-corrected chi connectivity index (χ0v) is 11.8. The molecule has 98 valence electrons. The van der Waals surface area contributed by atoms with Crippen LogP contribution >= 0.6 is 12.2 Å². The molecule has 1 fully saturated rings. The van der Waals surface area contributed by atoms with Crippen LogP contribution in [0.3, 0.4) is 0 Å². The molecule has 1 aliphatic heterocycles. The number of rotatable bonds is 3. The Morgan fingerprint density at radius 3 is 2.94 bits per heavy atom. The fraction of sp³-hybridized carbons (Fsp3) is 0.500. The summed E-state index contributed by atoms with van der Waals surface area (Å²) in [6, 6.07) is 8.15. The first-order valence-electron chi connectivity index (χ1n) is 6.21. The number of hydrogen-bond acceptors (Lipinski definition) is 3. The molecule has 1 aromatic carbocycles. The molecule has 0 spiro atoms. The second-order valence-corrected chi connectivity index (χ2v) is 5.82. The Bertz CT molecular complexity index is 445. The number of thiocarbonyl (C=S) groups is 1. The molecular formula is C14H20N2OS. The molecular weight excluding hydrogens is 244 g/mol. The van der Waals surface area contributed by atoms with Crippen LogP contribution < -0.4 is 5.73 Å². The van der Waals surface area contributed by atoms with Crippen LogP contribution in [-0.2, 0) is 11.3 Å². The zero-order chi connectivity index (χ0) is 13.2. The minimum absolute atomic E-state index is 0.0565. The number of benzene rings is 1. The second-order valence-electron chi connectivity index (χ2n) is 5.38. The molecule has 1 aromatic rings. The van der Waals surface area contributed by atoms with Gasteiger partial charge in [0.2, 0.25) is 0 Å². The number of hydrogen-bond donors (Lipinski definition) is 1. The van der Waals surface area contributed by atoms with Crippen molar-refractivity contribution < 1.29 is 4.74 Å². The highest BCUT2D eigenvalue weighted by molar-refractivity contribution is 7.80. The van der Waals surface area contributed by atoms with Crippen molar-refractivity contribution in [1.29, 1.82) is 0 Å². The van der Waals surface area contributed by atoms with E-state index in [0.29, 0.717) is 4.99 Å². The van der Waals surface area contributed by atoms with Gasteiger partial charge in [0.15, 0.2) is 0 Å². The van der Waals surface area contributed by atoms with Crippen molar-refractivity contribution in [2.75, 3.05) is 19.7 Å². The van der Waals surface area contributed by atoms with Crippen LogP contribution in [0.25, 0.3) is 0 Å². The van der Waals surface area contributed by atoms with Crippen LogP contribution in [0.15, 0.2) is 24.3 Å². The van der Waals surface area contributed by atoms with Gasteiger partial charge in [0.05, 0.1) is 12.2 Å². The third-order valence-electron chi connectivity index (χ3n) is 3.12. The van der Waals surface area contributed by atoms with Crippen LogP contribution in [0.4, 0.5) is 0 Å². The zero-order valence-electron chi connectivity index (χ0n) is 11.0. The van der Waals surface area contributed by atoms with Crippen molar-refractivity contribution in [3.05, 3.63) is 35.4 Å². The average Bonchev–Trinajstić information content (AvgIpc) is 2.28. The van der Waals surface area contributed by atoms with E-state index in [9.17, 15) is 0 Å². The van der Waals surface area contributed by atoms with Crippen LogP contribution in [-0.4, -0.2) is 35.2 Å². The predicted octanol–water partition coefficient (Wildman–Crippen LogP) is 1.93. The highest BCUT2D eigenvalue weighted by Gasteiger charge is 2.26. The Balaban J connectivity index is 2.05. The van der Waals surface area contributed by atoms with E-state index < -0.39 is 0 Å². The Labute approximate surface area is 114 Å². The van der Waals surface area contributed by atoms with Gasteiger partial charge in [0.25, 0.3) is 0 Å². The van der Waals surface area contributed by atoms with Crippen molar-refractivity contribution in [2.24, 2.45) is 5.73 Å². The lowest BCUT2D eigenvalue weighted by atomic mass is 10.1. The number of ether oxygens (including phenoxy) is 1. The van der Waals surface area contributed by atoms with Crippen molar-refractivity contribution in [1.82, 2.24) is 4.90 Å².